The zero-order valence-electron chi connectivity index (χ0n) is 12.1. The summed E-state index contributed by atoms with van der Waals surface area (Å²) in [4.78, 5) is 21.0. The molecule has 0 saturated carbocycles. The van der Waals surface area contributed by atoms with Crippen LogP contribution in [0.2, 0.25) is 5.02 Å². The van der Waals surface area contributed by atoms with Crippen LogP contribution < -0.4 is 11.0 Å². The van der Waals surface area contributed by atoms with E-state index in [1.54, 1.807) is 48.0 Å². The van der Waals surface area contributed by atoms with Gasteiger partial charge in [0.1, 0.15) is 5.82 Å². The van der Waals surface area contributed by atoms with Crippen LogP contribution in [-0.4, -0.2) is 24.3 Å². The molecule has 4 aromatic rings. The second kappa shape index (κ2) is 5.06. The average Bonchev–Trinajstić information content (AvgIpc) is 2.92. The summed E-state index contributed by atoms with van der Waals surface area (Å²) >= 11 is 5.86. The molecule has 0 spiro atoms. The molecule has 1 N–H and O–H groups in total. The topological polar surface area (TPSA) is 77.1 Å². The third-order valence-corrected chi connectivity index (χ3v) is 3.69. The van der Waals surface area contributed by atoms with Crippen molar-refractivity contribution in [3.8, 4) is 0 Å². The maximum absolute atomic E-state index is 12.6. The Hall–Kier alpha value is -2.93. The molecule has 7 nitrogen and oxygen atoms in total. The molecule has 0 bridgehead atoms. The smallest absolute Gasteiger partial charge is 0.280 e. The average molecular weight is 327 g/mol. The van der Waals surface area contributed by atoms with E-state index in [1.807, 2.05) is 0 Å². The van der Waals surface area contributed by atoms with Gasteiger partial charge in [0.05, 0.1) is 16.6 Å². The second-order valence-corrected chi connectivity index (χ2v) is 5.47. The summed E-state index contributed by atoms with van der Waals surface area (Å²) in [7, 11) is 0. The van der Waals surface area contributed by atoms with E-state index in [9.17, 15) is 4.79 Å². The van der Waals surface area contributed by atoms with Crippen LogP contribution in [0.4, 0.5) is 5.69 Å². The van der Waals surface area contributed by atoms with Crippen molar-refractivity contribution in [1.82, 2.24) is 24.3 Å². The van der Waals surface area contributed by atoms with Crippen LogP contribution >= 0.6 is 11.6 Å². The molecule has 0 fully saturated rings. The van der Waals surface area contributed by atoms with E-state index in [0.717, 1.165) is 5.69 Å². The molecule has 4 rings (SSSR count). The van der Waals surface area contributed by atoms with Gasteiger partial charge in [0.2, 0.25) is 0 Å². The number of pyridine rings is 1. The molecule has 0 aliphatic rings. The fourth-order valence-corrected chi connectivity index (χ4v) is 2.50. The maximum atomic E-state index is 12.6. The molecule has 114 valence electrons. The van der Waals surface area contributed by atoms with Gasteiger partial charge in [0, 0.05) is 17.4 Å². The van der Waals surface area contributed by atoms with Crippen molar-refractivity contribution < 1.29 is 0 Å². The SMILES string of the molecule is Cc1nc2ncc3c(=O)n(Nc4ccc(Cl)cc4)ccc3n2n1. The quantitative estimate of drug-likeness (QED) is 0.611. The number of aryl methyl sites for hydroxylation is 1. The number of hydrogen-bond donors (Lipinski definition) is 1. The number of fused-ring (bicyclic) bond motifs is 3. The zero-order chi connectivity index (χ0) is 16.0. The molecule has 3 aromatic heterocycles. The number of benzene rings is 1. The van der Waals surface area contributed by atoms with Gasteiger partial charge in [-0.3, -0.25) is 10.2 Å². The molecule has 0 aliphatic carbocycles. The lowest BCUT2D eigenvalue weighted by Gasteiger charge is -2.10. The van der Waals surface area contributed by atoms with Crippen LogP contribution in [0.5, 0.6) is 0 Å². The third-order valence-electron chi connectivity index (χ3n) is 3.43. The highest BCUT2D eigenvalue weighted by Crippen LogP contribution is 2.14. The van der Waals surface area contributed by atoms with Gasteiger partial charge in [-0.15, -0.1) is 5.10 Å². The van der Waals surface area contributed by atoms with Crippen LogP contribution in [0.3, 0.4) is 0 Å². The Morgan fingerprint density at radius 3 is 2.74 bits per heavy atom. The van der Waals surface area contributed by atoms with Gasteiger partial charge in [-0.2, -0.15) is 9.50 Å². The fourth-order valence-electron chi connectivity index (χ4n) is 2.37. The second-order valence-electron chi connectivity index (χ2n) is 5.04. The molecule has 8 heteroatoms. The molecule has 0 unspecified atom stereocenters. The summed E-state index contributed by atoms with van der Waals surface area (Å²) in [6, 6.07) is 8.88. The summed E-state index contributed by atoms with van der Waals surface area (Å²) in [5.74, 6) is 1.08. The van der Waals surface area contributed by atoms with E-state index >= 15 is 0 Å². The maximum Gasteiger partial charge on any atom is 0.280 e. The first-order chi connectivity index (χ1) is 11.1. The van der Waals surface area contributed by atoms with Crippen molar-refractivity contribution in [3.05, 3.63) is 63.9 Å². The van der Waals surface area contributed by atoms with Crippen molar-refractivity contribution in [3.63, 3.8) is 0 Å². The van der Waals surface area contributed by atoms with Gasteiger partial charge in [0.15, 0.2) is 0 Å². The molecular formula is C15H11ClN6O. The van der Waals surface area contributed by atoms with Crippen molar-refractivity contribution in [2.24, 2.45) is 0 Å². The Balaban J connectivity index is 1.86. The first kappa shape index (κ1) is 13.7. The lowest BCUT2D eigenvalue weighted by molar-refractivity contribution is 0.897. The molecule has 0 atom stereocenters. The summed E-state index contributed by atoms with van der Waals surface area (Å²) in [5.41, 5.74) is 4.21. The van der Waals surface area contributed by atoms with E-state index in [-0.39, 0.29) is 5.56 Å². The molecule has 0 amide bonds. The first-order valence-electron chi connectivity index (χ1n) is 6.88. The highest BCUT2D eigenvalue weighted by Gasteiger charge is 2.09. The highest BCUT2D eigenvalue weighted by atomic mass is 35.5. The number of halogens is 1. The fraction of sp³-hybridized carbons (Fsp3) is 0.0667. The zero-order valence-corrected chi connectivity index (χ0v) is 12.8. The molecule has 23 heavy (non-hydrogen) atoms. The standard InChI is InChI=1S/C15H11ClN6O/c1-9-18-15-17-8-12-13(22(15)19-9)6-7-21(14(12)23)20-11-4-2-10(16)3-5-11/h2-8,20H,1H3. The summed E-state index contributed by atoms with van der Waals surface area (Å²) in [5, 5.41) is 5.35. The molecule has 0 aliphatic heterocycles. The van der Waals surface area contributed by atoms with Gasteiger partial charge >= 0.3 is 0 Å². The minimum Gasteiger partial charge on any atom is -0.292 e. The number of hydrogen-bond acceptors (Lipinski definition) is 5. The predicted octanol–water partition coefficient (Wildman–Crippen LogP) is 2.28. The number of rotatable bonds is 2. The lowest BCUT2D eigenvalue weighted by atomic mass is 10.3. The van der Waals surface area contributed by atoms with E-state index in [1.165, 1.54) is 10.9 Å². The first-order valence-corrected chi connectivity index (χ1v) is 7.26. The van der Waals surface area contributed by atoms with Crippen LogP contribution in [0.1, 0.15) is 5.82 Å². The van der Waals surface area contributed by atoms with Crippen molar-refractivity contribution in [2.75, 3.05) is 5.43 Å². The number of aromatic nitrogens is 5. The Bertz CT molecular complexity index is 1080. The molecule has 0 saturated heterocycles. The van der Waals surface area contributed by atoms with E-state index in [4.69, 9.17) is 11.6 Å². The predicted molar refractivity (Wildman–Crippen MR) is 87.8 cm³/mol. The van der Waals surface area contributed by atoms with Gasteiger partial charge in [-0.05, 0) is 37.3 Å². The normalized spacial score (nSPS) is 11.2. The Kier molecular flexibility index (Phi) is 3.02. The minimum absolute atomic E-state index is 0.222. The van der Waals surface area contributed by atoms with E-state index in [2.05, 4.69) is 20.5 Å². The molecule has 1 aromatic carbocycles. The van der Waals surface area contributed by atoms with Gasteiger partial charge < -0.3 is 0 Å². The van der Waals surface area contributed by atoms with Crippen LogP contribution in [0.15, 0.2) is 47.5 Å². The van der Waals surface area contributed by atoms with Crippen molar-refractivity contribution in [1.29, 1.82) is 0 Å². The lowest BCUT2D eigenvalue weighted by Crippen LogP contribution is -2.26. The largest absolute Gasteiger partial charge is 0.292 e. The van der Waals surface area contributed by atoms with Crippen molar-refractivity contribution >= 4 is 34.0 Å². The highest BCUT2D eigenvalue weighted by molar-refractivity contribution is 6.30. The van der Waals surface area contributed by atoms with Crippen molar-refractivity contribution in [2.45, 2.75) is 6.92 Å². The van der Waals surface area contributed by atoms with Gasteiger partial charge in [-0.1, -0.05) is 11.6 Å². The van der Waals surface area contributed by atoms with Gasteiger partial charge in [0.25, 0.3) is 11.3 Å². The van der Waals surface area contributed by atoms with E-state index in [0.29, 0.717) is 27.5 Å². The van der Waals surface area contributed by atoms with E-state index < -0.39 is 0 Å². The van der Waals surface area contributed by atoms with Crippen LogP contribution in [0, 0.1) is 6.92 Å². The minimum atomic E-state index is -0.222. The number of nitrogens with one attached hydrogen (secondary N) is 1. The number of anilines is 1. The van der Waals surface area contributed by atoms with Crippen LogP contribution in [-0.2, 0) is 0 Å². The third kappa shape index (κ3) is 2.31. The monoisotopic (exact) mass is 326 g/mol. The molecular weight excluding hydrogens is 316 g/mol. The summed E-state index contributed by atoms with van der Waals surface area (Å²) in [6.45, 7) is 1.78. The summed E-state index contributed by atoms with van der Waals surface area (Å²) < 4.78 is 2.96. The molecule has 0 radical (unpaired) electrons. The number of nitrogens with zero attached hydrogens (tertiary/aromatic N) is 5. The molecule has 3 heterocycles. The van der Waals surface area contributed by atoms with Crippen LogP contribution in [0.25, 0.3) is 16.7 Å². The Labute approximate surface area is 135 Å². The Morgan fingerprint density at radius 1 is 1.17 bits per heavy atom. The Morgan fingerprint density at radius 2 is 1.96 bits per heavy atom. The summed E-state index contributed by atoms with van der Waals surface area (Å²) in [6.07, 6.45) is 3.16. The van der Waals surface area contributed by atoms with Gasteiger partial charge in [-0.25, -0.2) is 9.66 Å².